The van der Waals surface area contributed by atoms with Gasteiger partial charge in [0.25, 0.3) is 0 Å². The topological polar surface area (TPSA) is 103 Å². The first-order chi connectivity index (χ1) is 7.67. The Morgan fingerprint density at radius 2 is 2.56 bits per heavy atom. The first-order valence-electron chi connectivity index (χ1n) is 4.43. The average molecular weight is 284 g/mol. The van der Waals surface area contributed by atoms with E-state index in [9.17, 15) is 9.13 Å². The predicted molar refractivity (Wildman–Crippen MR) is 63.0 cm³/mol. The Morgan fingerprint density at radius 1 is 1.81 bits per heavy atom. The van der Waals surface area contributed by atoms with Crippen molar-refractivity contribution in [2.75, 3.05) is 6.61 Å². The van der Waals surface area contributed by atoms with Crippen LogP contribution in [0.4, 0.5) is 0 Å². The molecule has 1 aliphatic heterocycles. The minimum absolute atomic E-state index is 0.121. The molecule has 1 rings (SSSR count). The van der Waals surface area contributed by atoms with Crippen LogP contribution >= 0.6 is 28.1 Å². The van der Waals surface area contributed by atoms with E-state index in [2.05, 4.69) is 22.3 Å². The molecule has 3 N–H and O–H groups in total. The van der Waals surface area contributed by atoms with E-state index in [1.165, 1.54) is 0 Å². The summed E-state index contributed by atoms with van der Waals surface area (Å²) in [5.74, 6) is 0. The predicted octanol–water partition coefficient (Wildman–Crippen LogP) is 0.857. The third-order valence-electron chi connectivity index (χ3n) is 2.06. The number of nitrogens with two attached hydrogens (primary N) is 1. The summed E-state index contributed by atoms with van der Waals surface area (Å²) in [6.07, 6.45) is 0.889. The van der Waals surface area contributed by atoms with Crippen molar-refractivity contribution >= 4 is 34.4 Å². The molecule has 7 nitrogen and oxygen atoms in total. The summed E-state index contributed by atoms with van der Waals surface area (Å²) >= 11 is 3.76. The number of ether oxygens (including phenoxy) is 1. The van der Waals surface area contributed by atoms with Gasteiger partial charge in [-0.05, 0) is 4.57 Å². The van der Waals surface area contributed by atoms with Crippen LogP contribution in [0, 0.1) is 0 Å². The number of hydrogen-bond acceptors (Lipinski definition) is 5. The van der Waals surface area contributed by atoms with Gasteiger partial charge in [0.05, 0.1) is 19.0 Å². The maximum atomic E-state index is 11.0. The standard InChI is InChI=1S/C6H11N3O4P2S/c7-3-8-6-1-4(9-15(11)16)5(13-6)2-12-14-10/h3-6H,1-2H2,(H3-,7,8,9,11,16)/p+1/t4-,5+,6+/m0/s1. The first kappa shape index (κ1) is 14.0. The zero-order chi connectivity index (χ0) is 12.0. The van der Waals surface area contributed by atoms with Gasteiger partial charge in [0.1, 0.15) is 18.4 Å². The van der Waals surface area contributed by atoms with Crippen LogP contribution in [0.3, 0.4) is 0 Å². The van der Waals surface area contributed by atoms with Gasteiger partial charge in [0.15, 0.2) is 6.23 Å². The molecule has 0 radical (unpaired) electrons. The van der Waals surface area contributed by atoms with Crippen molar-refractivity contribution in [3.63, 3.8) is 0 Å². The molecule has 1 aliphatic rings. The van der Waals surface area contributed by atoms with Crippen LogP contribution in [0.25, 0.3) is 0 Å². The Kier molecular flexibility index (Phi) is 6.34. The lowest BCUT2D eigenvalue weighted by atomic mass is 10.1. The lowest BCUT2D eigenvalue weighted by Gasteiger charge is -2.12. The SMILES string of the molecule is NC=N[C@H]1C[C@H](N[P+](=O)S)[C@@H](COP=O)O1. The molecule has 0 aromatic heterocycles. The molecule has 16 heavy (non-hydrogen) atoms. The highest BCUT2D eigenvalue weighted by Gasteiger charge is 2.38. The Labute approximate surface area is 100 Å². The fourth-order valence-corrected chi connectivity index (χ4v) is 2.66. The van der Waals surface area contributed by atoms with Crippen molar-refractivity contribution in [3.8, 4) is 0 Å². The van der Waals surface area contributed by atoms with E-state index in [0.717, 1.165) is 6.34 Å². The van der Waals surface area contributed by atoms with Crippen molar-refractivity contribution in [1.29, 1.82) is 0 Å². The van der Waals surface area contributed by atoms with Crippen LogP contribution < -0.4 is 10.8 Å². The maximum absolute atomic E-state index is 11.0. The van der Waals surface area contributed by atoms with E-state index >= 15 is 0 Å². The second-order valence-electron chi connectivity index (χ2n) is 3.04. The minimum Gasteiger partial charge on any atom is -0.390 e. The molecular formula is C6H12N3O4P2S+. The van der Waals surface area contributed by atoms with Crippen LogP contribution in [0.2, 0.25) is 0 Å². The Bertz CT molecular complexity index is 293. The second-order valence-corrected chi connectivity index (χ2v) is 5.34. The molecule has 0 aromatic carbocycles. The molecule has 0 aromatic rings. The van der Waals surface area contributed by atoms with Crippen molar-refractivity contribution in [2.24, 2.45) is 10.7 Å². The summed E-state index contributed by atoms with van der Waals surface area (Å²) < 4.78 is 31.3. The molecule has 1 saturated heterocycles. The zero-order valence-corrected chi connectivity index (χ0v) is 10.9. The van der Waals surface area contributed by atoms with Crippen molar-refractivity contribution in [2.45, 2.75) is 24.8 Å². The minimum atomic E-state index is -1.79. The molecular weight excluding hydrogens is 272 g/mol. The molecule has 0 aliphatic carbocycles. The normalized spacial score (nSPS) is 31.3. The van der Waals surface area contributed by atoms with E-state index in [4.69, 9.17) is 15.0 Å². The zero-order valence-electron chi connectivity index (χ0n) is 8.22. The molecule has 4 atom stereocenters. The number of thiol groups is 1. The second kappa shape index (κ2) is 7.27. The summed E-state index contributed by atoms with van der Waals surface area (Å²) in [5, 5.41) is 2.74. The Hall–Kier alpha value is -0.100. The first-order valence-corrected chi connectivity index (χ1v) is 7.57. The van der Waals surface area contributed by atoms with Gasteiger partial charge in [-0.15, -0.1) is 0 Å². The molecule has 0 spiro atoms. The molecule has 1 heterocycles. The molecule has 10 heteroatoms. The Balaban J connectivity index is 2.55. The van der Waals surface area contributed by atoms with Gasteiger partial charge in [-0.25, -0.2) is 9.56 Å². The highest BCUT2D eigenvalue weighted by molar-refractivity contribution is 8.40. The highest BCUT2D eigenvalue weighted by Crippen LogP contribution is 2.29. The van der Waals surface area contributed by atoms with E-state index in [-0.39, 0.29) is 18.8 Å². The van der Waals surface area contributed by atoms with E-state index in [1.54, 1.807) is 0 Å². The fourth-order valence-electron chi connectivity index (χ4n) is 1.45. The number of nitrogens with zero attached hydrogens (tertiary/aromatic N) is 1. The van der Waals surface area contributed by atoms with Crippen LogP contribution in [-0.4, -0.2) is 31.3 Å². The van der Waals surface area contributed by atoms with Crippen molar-refractivity contribution < 1.29 is 18.4 Å². The van der Waals surface area contributed by atoms with Gasteiger partial charge in [0, 0.05) is 6.42 Å². The number of aliphatic imine (C=N–C) groups is 1. The fraction of sp³-hybridized carbons (Fsp3) is 0.833. The molecule has 90 valence electrons. The van der Waals surface area contributed by atoms with Crippen LogP contribution in [0.15, 0.2) is 4.99 Å². The maximum Gasteiger partial charge on any atom is 0.504 e. The summed E-state index contributed by atoms with van der Waals surface area (Å²) in [6, 6.07) is -0.212. The van der Waals surface area contributed by atoms with Crippen molar-refractivity contribution in [3.05, 3.63) is 0 Å². The lowest BCUT2D eigenvalue weighted by molar-refractivity contribution is 0.0201. The lowest BCUT2D eigenvalue weighted by Crippen LogP contribution is -2.34. The summed E-state index contributed by atoms with van der Waals surface area (Å²) in [6.45, 7) is 0.121. The van der Waals surface area contributed by atoms with Gasteiger partial charge in [-0.3, -0.25) is 4.52 Å². The largest absolute Gasteiger partial charge is 0.504 e. The summed E-state index contributed by atoms with van der Waals surface area (Å²) in [4.78, 5) is 3.87. The number of hydrogen-bond donors (Lipinski definition) is 3. The Morgan fingerprint density at radius 3 is 3.12 bits per heavy atom. The third kappa shape index (κ3) is 4.41. The average Bonchev–Trinajstić information content (AvgIpc) is 2.57. The molecule has 1 unspecified atom stereocenters. The molecule has 0 bridgehead atoms. The highest BCUT2D eigenvalue weighted by atomic mass is 32.7. The van der Waals surface area contributed by atoms with Gasteiger partial charge < -0.3 is 10.5 Å². The summed E-state index contributed by atoms with van der Waals surface area (Å²) in [5.41, 5.74) is 5.15. The van der Waals surface area contributed by atoms with Crippen LogP contribution in [-0.2, 0) is 18.4 Å². The molecule has 1 fully saturated rings. The van der Waals surface area contributed by atoms with E-state index in [0.29, 0.717) is 6.42 Å². The monoisotopic (exact) mass is 284 g/mol. The van der Waals surface area contributed by atoms with Gasteiger partial charge >= 0.3 is 15.8 Å². The molecule has 0 saturated carbocycles. The quantitative estimate of drug-likeness (QED) is 0.289. The van der Waals surface area contributed by atoms with E-state index in [1.807, 2.05) is 0 Å². The van der Waals surface area contributed by atoms with Gasteiger partial charge in [0.2, 0.25) is 0 Å². The summed E-state index contributed by atoms with van der Waals surface area (Å²) in [7, 11) is -2.21. The van der Waals surface area contributed by atoms with Crippen molar-refractivity contribution in [1.82, 2.24) is 5.09 Å². The third-order valence-corrected chi connectivity index (χ3v) is 3.21. The number of nitrogens with one attached hydrogen (secondary N) is 1. The molecule has 0 amide bonds. The van der Waals surface area contributed by atoms with Crippen LogP contribution in [0.5, 0.6) is 0 Å². The van der Waals surface area contributed by atoms with Gasteiger partial charge in [-0.2, -0.15) is 0 Å². The number of rotatable bonds is 6. The van der Waals surface area contributed by atoms with Crippen LogP contribution in [0.1, 0.15) is 6.42 Å². The van der Waals surface area contributed by atoms with E-state index < -0.39 is 22.1 Å². The smallest absolute Gasteiger partial charge is 0.390 e. The van der Waals surface area contributed by atoms with Gasteiger partial charge in [-0.1, -0.05) is 5.09 Å².